The molecule has 5 atom stereocenters. The molecule has 62 heavy (non-hydrogen) atoms. The monoisotopic (exact) mass is 863 g/mol. The molecule has 0 aliphatic carbocycles. The third-order valence-electron chi connectivity index (χ3n) is 10.4. The maximum atomic E-state index is 14.5. The van der Waals surface area contributed by atoms with Crippen LogP contribution in [0.4, 0.5) is 0 Å². The van der Waals surface area contributed by atoms with Gasteiger partial charge in [0.05, 0.1) is 6.07 Å². The SMILES string of the molecule is CCCCCCCCCC(=O)N[C@H](C)C(=O)N[C@@H](CCN)C(=O)N(C)[C@@H]1C(=O)N[C@@H](C)C(=O)N[C@H](C(=O)NCC#N)Cc2ccc(OCCN)c(c2)-c2cc1ccc2OCCN. The molecule has 11 N–H and O–H groups in total. The third-order valence-corrected chi connectivity index (χ3v) is 10.4. The maximum absolute atomic E-state index is 14.5. The van der Waals surface area contributed by atoms with Crippen molar-refractivity contribution < 1.29 is 38.2 Å². The molecular formula is C44H66N10O8. The number of nitriles is 1. The first-order chi connectivity index (χ1) is 29.8. The lowest BCUT2D eigenvalue weighted by Crippen LogP contribution is -2.57. The largest absolute Gasteiger partial charge is 0.492 e. The summed E-state index contributed by atoms with van der Waals surface area (Å²) in [5, 5.41) is 22.4. The number of ether oxygens (including phenoxy) is 2. The molecule has 0 saturated heterocycles. The van der Waals surface area contributed by atoms with Gasteiger partial charge in [0.1, 0.15) is 61.5 Å². The van der Waals surface area contributed by atoms with Gasteiger partial charge in [-0.05, 0) is 68.6 Å². The Morgan fingerprint density at radius 2 is 1.50 bits per heavy atom. The fourth-order valence-corrected chi connectivity index (χ4v) is 7.05. The summed E-state index contributed by atoms with van der Waals surface area (Å²) in [5.74, 6) is -2.88. The van der Waals surface area contributed by atoms with E-state index in [-0.39, 0.29) is 64.6 Å². The van der Waals surface area contributed by atoms with Crippen molar-refractivity contribution in [1.82, 2.24) is 31.5 Å². The van der Waals surface area contributed by atoms with E-state index >= 15 is 0 Å². The number of nitrogens with two attached hydrogens (primary N) is 3. The second kappa shape index (κ2) is 26.5. The number of fused-ring (bicyclic) bond motifs is 5. The van der Waals surface area contributed by atoms with E-state index in [9.17, 15) is 28.8 Å². The number of carbonyl (C=O) groups excluding carboxylic acids is 6. The van der Waals surface area contributed by atoms with E-state index in [0.29, 0.717) is 40.2 Å². The average molecular weight is 863 g/mol. The van der Waals surface area contributed by atoms with Crippen molar-refractivity contribution in [2.24, 2.45) is 17.2 Å². The van der Waals surface area contributed by atoms with E-state index in [0.717, 1.165) is 30.6 Å². The number of amides is 6. The summed E-state index contributed by atoms with van der Waals surface area (Å²) in [5.41, 5.74) is 19.4. The van der Waals surface area contributed by atoms with Crippen molar-refractivity contribution in [3.05, 3.63) is 47.5 Å². The number of hydrogen-bond donors (Lipinski definition) is 8. The Hall–Kier alpha value is -5.77. The van der Waals surface area contributed by atoms with Gasteiger partial charge in [-0.25, -0.2) is 0 Å². The predicted molar refractivity (Wildman–Crippen MR) is 234 cm³/mol. The van der Waals surface area contributed by atoms with Crippen molar-refractivity contribution in [2.45, 2.75) is 115 Å². The molecule has 0 aromatic heterocycles. The zero-order chi connectivity index (χ0) is 45.6. The quantitative estimate of drug-likeness (QED) is 0.0578. The van der Waals surface area contributed by atoms with E-state index in [1.54, 1.807) is 36.4 Å². The number of rotatable bonds is 23. The Kier molecular flexibility index (Phi) is 21.7. The molecule has 18 heteroatoms. The molecule has 0 unspecified atom stereocenters. The molecule has 18 nitrogen and oxygen atoms in total. The molecule has 340 valence electrons. The lowest BCUT2D eigenvalue weighted by Gasteiger charge is -2.33. The van der Waals surface area contributed by atoms with Crippen LogP contribution in [0.3, 0.4) is 0 Å². The zero-order valence-electron chi connectivity index (χ0n) is 36.6. The van der Waals surface area contributed by atoms with Crippen LogP contribution in [0.25, 0.3) is 11.1 Å². The van der Waals surface area contributed by atoms with Gasteiger partial charge in [0.25, 0.3) is 0 Å². The second-order valence-electron chi connectivity index (χ2n) is 15.4. The number of hydrogen-bond acceptors (Lipinski definition) is 12. The molecule has 6 amide bonds. The Bertz CT molecular complexity index is 1870. The van der Waals surface area contributed by atoms with E-state index < -0.39 is 59.7 Å². The van der Waals surface area contributed by atoms with Crippen LogP contribution in [0, 0.1) is 11.3 Å². The summed E-state index contributed by atoms with van der Waals surface area (Å²) in [6.45, 7) is 5.48. The standard InChI is InChI=1S/C44H66N10O8/c1-5-6-7-8-9-10-11-12-38(55)50-28(2)40(56)52-34(17-18-45)44(60)54(4)39-31-14-16-37(62-24-21-48)33(27-31)32-25-30(13-15-36(32)61-23-20-47)26-35(42(58)49-22-19-46)53-41(57)29(3)51-43(39)59/h13-16,25,27-29,34-35,39H,5-12,17-18,20-24,26,45,47-48H2,1-4H3,(H,49,58)(H,50,55)(H,51,59)(H,52,56)(H,53,57)/t28-,29+,34+,35+,39+/m1/s1. The molecule has 3 rings (SSSR count). The molecule has 0 fully saturated rings. The Morgan fingerprint density at radius 1 is 0.871 bits per heavy atom. The van der Waals surface area contributed by atoms with Gasteiger partial charge in [-0.2, -0.15) is 5.26 Å². The number of likely N-dealkylation sites (N-methyl/N-ethyl adjacent to an activating group) is 1. The summed E-state index contributed by atoms with van der Waals surface area (Å²) in [4.78, 5) is 83.1. The van der Waals surface area contributed by atoms with Crippen LogP contribution in [-0.2, 0) is 35.2 Å². The molecule has 0 spiro atoms. The maximum Gasteiger partial charge on any atom is 0.248 e. The van der Waals surface area contributed by atoms with Crippen molar-refractivity contribution in [3.8, 4) is 28.7 Å². The zero-order valence-corrected chi connectivity index (χ0v) is 36.6. The lowest BCUT2D eigenvalue weighted by molar-refractivity contribution is -0.143. The van der Waals surface area contributed by atoms with E-state index in [1.165, 1.54) is 33.7 Å². The van der Waals surface area contributed by atoms with Crippen molar-refractivity contribution in [2.75, 3.05) is 46.4 Å². The molecular weight excluding hydrogens is 797 g/mol. The van der Waals surface area contributed by atoms with Crippen molar-refractivity contribution in [1.29, 1.82) is 5.26 Å². The fourth-order valence-electron chi connectivity index (χ4n) is 7.05. The predicted octanol–water partition coefficient (Wildman–Crippen LogP) is 1.19. The Morgan fingerprint density at radius 3 is 2.13 bits per heavy atom. The number of benzene rings is 2. The van der Waals surface area contributed by atoms with E-state index in [2.05, 4.69) is 33.5 Å². The van der Waals surface area contributed by atoms with E-state index in [4.69, 9.17) is 31.9 Å². The summed E-state index contributed by atoms with van der Waals surface area (Å²) < 4.78 is 12.1. The first kappa shape index (κ1) is 50.6. The summed E-state index contributed by atoms with van der Waals surface area (Å²) >= 11 is 0. The minimum absolute atomic E-state index is 0.0000532. The minimum atomic E-state index is -1.40. The highest BCUT2D eigenvalue weighted by Crippen LogP contribution is 2.40. The van der Waals surface area contributed by atoms with Crippen molar-refractivity contribution >= 4 is 35.4 Å². The number of unbranched alkanes of at least 4 members (excludes halogenated alkanes) is 6. The van der Waals surface area contributed by atoms with Gasteiger partial charge in [-0.15, -0.1) is 0 Å². The van der Waals surface area contributed by atoms with Crippen LogP contribution >= 0.6 is 0 Å². The summed E-state index contributed by atoms with van der Waals surface area (Å²) in [7, 11) is 1.40. The normalized spacial score (nSPS) is 17.2. The molecule has 1 aliphatic rings. The average Bonchev–Trinajstić information content (AvgIpc) is 3.25. The number of nitrogens with zero attached hydrogens (tertiary/aromatic N) is 2. The third kappa shape index (κ3) is 15.3. The van der Waals surface area contributed by atoms with Crippen LogP contribution in [0.1, 0.15) is 95.7 Å². The van der Waals surface area contributed by atoms with Crippen LogP contribution < -0.4 is 53.3 Å². The molecule has 0 saturated carbocycles. The highest BCUT2D eigenvalue weighted by molar-refractivity contribution is 5.97. The van der Waals surface area contributed by atoms with Gasteiger partial charge in [-0.3, -0.25) is 28.8 Å². The van der Waals surface area contributed by atoms with Gasteiger partial charge in [0.2, 0.25) is 35.4 Å². The molecule has 2 aromatic rings. The lowest BCUT2D eigenvalue weighted by atomic mass is 9.93. The van der Waals surface area contributed by atoms with Gasteiger partial charge in [0.15, 0.2) is 0 Å². The fraction of sp³-hybridized carbons (Fsp3) is 0.568. The van der Waals surface area contributed by atoms with Gasteiger partial charge in [-0.1, -0.05) is 57.6 Å². The van der Waals surface area contributed by atoms with Crippen molar-refractivity contribution in [3.63, 3.8) is 0 Å². The first-order valence-electron chi connectivity index (χ1n) is 21.5. The smallest absolute Gasteiger partial charge is 0.248 e. The van der Waals surface area contributed by atoms with E-state index in [1.807, 2.05) is 6.07 Å². The topological polar surface area (TPSA) is 286 Å². The Labute approximate surface area is 364 Å². The van der Waals surface area contributed by atoms with Gasteiger partial charge < -0.3 is 58.2 Å². The minimum Gasteiger partial charge on any atom is -0.492 e. The Balaban J connectivity index is 2.05. The van der Waals surface area contributed by atoms with Gasteiger partial charge in [0, 0.05) is 44.1 Å². The number of carbonyl (C=O) groups is 6. The highest BCUT2D eigenvalue weighted by Gasteiger charge is 2.36. The molecule has 1 heterocycles. The van der Waals surface area contributed by atoms with Crippen LogP contribution in [0.2, 0.25) is 0 Å². The summed E-state index contributed by atoms with van der Waals surface area (Å²) in [6.07, 6.45) is 7.57. The molecule has 1 aliphatic heterocycles. The second-order valence-corrected chi connectivity index (χ2v) is 15.4. The molecule has 4 bridgehead atoms. The first-order valence-corrected chi connectivity index (χ1v) is 21.5. The van der Waals surface area contributed by atoms with Gasteiger partial charge >= 0.3 is 0 Å². The molecule has 0 radical (unpaired) electrons. The summed E-state index contributed by atoms with van der Waals surface area (Å²) in [6, 6.07) is 6.02. The number of nitrogens with one attached hydrogen (secondary N) is 5. The van der Waals surface area contributed by atoms with Crippen LogP contribution in [0.5, 0.6) is 11.5 Å². The van der Waals surface area contributed by atoms with Crippen LogP contribution in [-0.4, -0.2) is 111 Å². The van der Waals surface area contributed by atoms with Crippen LogP contribution in [0.15, 0.2) is 36.4 Å². The highest BCUT2D eigenvalue weighted by atomic mass is 16.5. The molecule has 2 aromatic carbocycles.